The molecule has 1 aliphatic heterocycles. The monoisotopic (exact) mass is 197 g/mol. The number of nitrogen functional groups attached to an aromatic ring is 2. The predicted molar refractivity (Wildman–Crippen MR) is 64.1 cm³/mol. The van der Waals surface area contributed by atoms with Gasteiger partial charge in [-0.3, -0.25) is 4.99 Å². The van der Waals surface area contributed by atoms with Crippen molar-refractivity contribution in [1.29, 1.82) is 0 Å². The topological polar surface area (TPSA) is 64.4 Å². The van der Waals surface area contributed by atoms with Crippen molar-refractivity contribution in [3.8, 4) is 0 Å². The van der Waals surface area contributed by atoms with E-state index < -0.39 is 0 Å². The third-order valence-electron chi connectivity index (χ3n) is 2.87. The van der Waals surface area contributed by atoms with Gasteiger partial charge >= 0.3 is 0 Å². The second-order valence-electron chi connectivity index (χ2n) is 3.77. The van der Waals surface area contributed by atoms with Crippen LogP contribution < -0.4 is 11.5 Å². The van der Waals surface area contributed by atoms with Crippen LogP contribution in [0.1, 0.15) is 11.1 Å². The summed E-state index contributed by atoms with van der Waals surface area (Å²) < 4.78 is 0. The summed E-state index contributed by atoms with van der Waals surface area (Å²) in [5.74, 6) is 0. The van der Waals surface area contributed by atoms with Crippen molar-refractivity contribution in [3.63, 3.8) is 0 Å². The highest BCUT2D eigenvalue weighted by Gasteiger charge is 2.14. The molecule has 2 aromatic carbocycles. The summed E-state index contributed by atoms with van der Waals surface area (Å²) in [4.78, 5) is 4.25. The van der Waals surface area contributed by atoms with Crippen LogP contribution >= 0.6 is 0 Å². The molecule has 0 bridgehead atoms. The zero-order valence-corrected chi connectivity index (χ0v) is 8.20. The zero-order chi connectivity index (χ0) is 10.4. The maximum atomic E-state index is 5.96. The van der Waals surface area contributed by atoms with Crippen LogP contribution in [0.5, 0.6) is 0 Å². The Hall–Kier alpha value is -2.03. The van der Waals surface area contributed by atoms with Gasteiger partial charge in [0.1, 0.15) is 0 Å². The number of benzene rings is 2. The molecule has 3 nitrogen and oxygen atoms in total. The van der Waals surface area contributed by atoms with Gasteiger partial charge in [-0.25, -0.2) is 0 Å². The molecule has 0 unspecified atom stereocenters. The van der Waals surface area contributed by atoms with Gasteiger partial charge in [-0.2, -0.15) is 0 Å². The number of fused-ring (bicyclic) bond motifs is 3. The van der Waals surface area contributed by atoms with Crippen LogP contribution in [0.3, 0.4) is 0 Å². The number of hydrogen-bond donors (Lipinski definition) is 2. The Morgan fingerprint density at radius 2 is 1.93 bits per heavy atom. The quantitative estimate of drug-likeness (QED) is 0.634. The number of nitrogens with zero attached hydrogens (tertiary/aromatic N) is 1. The Labute approximate surface area is 87.4 Å². The first-order chi connectivity index (χ1) is 7.27. The molecule has 0 aromatic heterocycles. The minimum absolute atomic E-state index is 0.709. The maximum Gasteiger partial charge on any atom is 0.0653 e. The Morgan fingerprint density at radius 1 is 1.07 bits per heavy atom. The van der Waals surface area contributed by atoms with Gasteiger partial charge in [-0.15, -0.1) is 0 Å². The average Bonchev–Trinajstić information content (AvgIpc) is 2.69. The maximum absolute atomic E-state index is 5.96. The first kappa shape index (κ1) is 8.29. The number of rotatable bonds is 0. The van der Waals surface area contributed by atoms with Crippen molar-refractivity contribution in [3.05, 3.63) is 35.4 Å². The van der Waals surface area contributed by atoms with Crippen molar-refractivity contribution < 1.29 is 0 Å². The minimum atomic E-state index is 0.709. The van der Waals surface area contributed by atoms with Crippen LogP contribution in [0.2, 0.25) is 0 Å². The summed E-state index contributed by atoms with van der Waals surface area (Å²) >= 11 is 0. The van der Waals surface area contributed by atoms with Crippen LogP contribution in [-0.2, 0) is 6.54 Å². The lowest BCUT2D eigenvalue weighted by Crippen LogP contribution is -1.97. The minimum Gasteiger partial charge on any atom is -0.398 e. The first-order valence-electron chi connectivity index (χ1n) is 4.87. The fourth-order valence-corrected chi connectivity index (χ4v) is 2.11. The van der Waals surface area contributed by atoms with Gasteiger partial charge in [0.05, 0.1) is 6.54 Å². The van der Waals surface area contributed by atoms with E-state index in [9.17, 15) is 0 Å². The largest absolute Gasteiger partial charge is 0.398 e. The van der Waals surface area contributed by atoms with E-state index in [1.807, 2.05) is 24.4 Å². The van der Waals surface area contributed by atoms with Gasteiger partial charge in [0.15, 0.2) is 0 Å². The summed E-state index contributed by atoms with van der Waals surface area (Å²) in [6.07, 6.45) is 1.84. The van der Waals surface area contributed by atoms with Gasteiger partial charge in [0.25, 0.3) is 0 Å². The second kappa shape index (κ2) is 2.73. The molecule has 3 rings (SSSR count). The van der Waals surface area contributed by atoms with Gasteiger partial charge in [0, 0.05) is 28.5 Å². The normalized spacial score (nSPS) is 13.3. The van der Waals surface area contributed by atoms with Crippen LogP contribution in [-0.4, -0.2) is 6.21 Å². The van der Waals surface area contributed by atoms with Crippen molar-refractivity contribution in [2.75, 3.05) is 11.5 Å². The van der Waals surface area contributed by atoms with Gasteiger partial charge in [0.2, 0.25) is 0 Å². The predicted octanol–water partition coefficient (Wildman–Crippen LogP) is 1.94. The number of hydrogen-bond acceptors (Lipinski definition) is 3. The molecule has 0 saturated heterocycles. The lowest BCUT2D eigenvalue weighted by molar-refractivity contribution is 1.13. The van der Waals surface area contributed by atoms with E-state index in [4.69, 9.17) is 11.5 Å². The lowest BCUT2D eigenvalue weighted by Gasteiger charge is -2.09. The highest BCUT2D eigenvalue weighted by molar-refractivity contribution is 6.05. The molecule has 3 heteroatoms. The van der Waals surface area contributed by atoms with Crippen molar-refractivity contribution in [2.45, 2.75) is 6.54 Å². The SMILES string of the molecule is Nc1cc2c(N)cccc2c2c1C=NC2. The molecule has 0 atom stereocenters. The third kappa shape index (κ3) is 1.03. The highest BCUT2D eigenvalue weighted by atomic mass is 14.7. The van der Waals surface area contributed by atoms with Crippen LogP contribution in [0.4, 0.5) is 11.4 Å². The molecular weight excluding hydrogens is 186 g/mol. The van der Waals surface area contributed by atoms with E-state index in [1.54, 1.807) is 0 Å². The number of aliphatic imine (C=N–C) groups is 1. The number of anilines is 2. The summed E-state index contributed by atoms with van der Waals surface area (Å²) in [5.41, 5.74) is 15.7. The molecule has 2 aromatic rings. The van der Waals surface area contributed by atoms with E-state index in [0.717, 1.165) is 27.7 Å². The van der Waals surface area contributed by atoms with E-state index in [2.05, 4.69) is 11.1 Å². The molecule has 4 N–H and O–H groups in total. The van der Waals surface area contributed by atoms with Gasteiger partial charge < -0.3 is 11.5 Å². The number of nitrogens with two attached hydrogens (primary N) is 2. The highest BCUT2D eigenvalue weighted by Crippen LogP contribution is 2.32. The Kier molecular flexibility index (Phi) is 1.51. The summed E-state index contributed by atoms with van der Waals surface area (Å²) in [6, 6.07) is 7.86. The lowest BCUT2D eigenvalue weighted by atomic mass is 9.98. The smallest absolute Gasteiger partial charge is 0.0653 e. The molecule has 1 aliphatic rings. The fourth-order valence-electron chi connectivity index (χ4n) is 2.11. The molecule has 0 amide bonds. The Balaban J connectivity index is 2.50. The summed E-state index contributed by atoms with van der Waals surface area (Å²) in [6.45, 7) is 0.709. The van der Waals surface area contributed by atoms with Crippen LogP contribution in [0, 0.1) is 0 Å². The van der Waals surface area contributed by atoms with Crippen molar-refractivity contribution in [1.82, 2.24) is 0 Å². The summed E-state index contributed by atoms with van der Waals surface area (Å²) in [5, 5.41) is 2.19. The molecule has 0 fully saturated rings. The molecular formula is C12H11N3. The molecule has 0 radical (unpaired) electrons. The average molecular weight is 197 g/mol. The Morgan fingerprint density at radius 3 is 2.80 bits per heavy atom. The molecule has 74 valence electrons. The molecule has 15 heavy (non-hydrogen) atoms. The van der Waals surface area contributed by atoms with E-state index in [0.29, 0.717) is 6.54 Å². The Bertz CT molecular complexity index is 585. The van der Waals surface area contributed by atoms with Crippen molar-refractivity contribution >= 4 is 28.4 Å². The fraction of sp³-hybridized carbons (Fsp3) is 0.0833. The van der Waals surface area contributed by atoms with Crippen molar-refractivity contribution in [2.24, 2.45) is 4.99 Å². The molecule has 1 heterocycles. The molecule has 0 spiro atoms. The summed E-state index contributed by atoms with van der Waals surface area (Å²) in [7, 11) is 0. The van der Waals surface area contributed by atoms with Gasteiger partial charge in [-0.05, 0) is 23.1 Å². The van der Waals surface area contributed by atoms with E-state index in [1.165, 1.54) is 5.56 Å². The third-order valence-corrected chi connectivity index (χ3v) is 2.87. The van der Waals surface area contributed by atoms with Crippen LogP contribution in [0.25, 0.3) is 10.8 Å². The molecule has 0 aliphatic carbocycles. The van der Waals surface area contributed by atoms with E-state index >= 15 is 0 Å². The van der Waals surface area contributed by atoms with E-state index in [-0.39, 0.29) is 0 Å². The zero-order valence-electron chi connectivity index (χ0n) is 8.20. The van der Waals surface area contributed by atoms with Gasteiger partial charge in [-0.1, -0.05) is 12.1 Å². The standard InChI is InChI=1S/C12H11N3/c13-11-3-1-2-7-8(11)4-12(14)10-6-15-5-9(7)10/h1-4,6H,5,13-14H2. The molecule has 0 saturated carbocycles. The second-order valence-corrected chi connectivity index (χ2v) is 3.77. The first-order valence-corrected chi connectivity index (χ1v) is 4.87. The van der Waals surface area contributed by atoms with Crippen LogP contribution in [0.15, 0.2) is 29.3 Å².